The SMILES string of the molecule is CCC(N)(CC)C(=O)Nc1cc(I)ccc1Cl. The van der Waals surface area contributed by atoms with Gasteiger partial charge in [-0.05, 0) is 53.6 Å². The van der Waals surface area contributed by atoms with E-state index in [0.717, 1.165) is 3.57 Å². The molecular weight excluding hydrogens is 351 g/mol. The molecule has 0 aliphatic carbocycles. The standard InChI is InChI=1S/C12H16ClIN2O/c1-3-12(15,4-2)11(17)16-10-7-8(14)5-6-9(10)13/h5-7H,3-4,15H2,1-2H3,(H,16,17). The second-order valence-corrected chi connectivity index (χ2v) is 5.59. The maximum absolute atomic E-state index is 12.1. The molecule has 0 aromatic heterocycles. The van der Waals surface area contributed by atoms with Gasteiger partial charge in [-0.1, -0.05) is 25.4 Å². The fourth-order valence-corrected chi connectivity index (χ4v) is 2.07. The van der Waals surface area contributed by atoms with Gasteiger partial charge in [0.25, 0.3) is 0 Å². The highest BCUT2D eigenvalue weighted by molar-refractivity contribution is 14.1. The first kappa shape index (κ1) is 14.7. The fourth-order valence-electron chi connectivity index (χ4n) is 1.41. The van der Waals surface area contributed by atoms with Crippen LogP contribution < -0.4 is 11.1 Å². The van der Waals surface area contributed by atoms with Crippen LogP contribution in [0.25, 0.3) is 0 Å². The molecule has 1 rings (SSSR count). The number of anilines is 1. The van der Waals surface area contributed by atoms with Gasteiger partial charge in [-0.15, -0.1) is 0 Å². The van der Waals surface area contributed by atoms with E-state index in [9.17, 15) is 4.79 Å². The molecule has 0 heterocycles. The van der Waals surface area contributed by atoms with Crippen LogP contribution in [0.4, 0.5) is 5.69 Å². The van der Waals surface area contributed by atoms with E-state index >= 15 is 0 Å². The largest absolute Gasteiger partial charge is 0.323 e. The van der Waals surface area contributed by atoms with Crippen LogP contribution in [0.15, 0.2) is 18.2 Å². The number of benzene rings is 1. The van der Waals surface area contributed by atoms with E-state index in [-0.39, 0.29) is 5.91 Å². The van der Waals surface area contributed by atoms with Gasteiger partial charge in [0.2, 0.25) is 5.91 Å². The Hall–Kier alpha value is -0.330. The van der Waals surface area contributed by atoms with Crippen molar-refractivity contribution in [3.05, 3.63) is 26.8 Å². The van der Waals surface area contributed by atoms with Crippen LogP contribution in [0, 0.1) is 3.57 Å². The number of carbonyl (C=O) groups is 1. The lowest BCUT2D eigenvalue weighted by atomic mass is 9.93. The van der Waals surface area contributed by atoms with Crippen LogP contribution in [0.3, 0.4) is 0 Å². The summed E-state index contributed by atoms with van der Waals surface area (Å²) in [6.07, 6.45) is 1.19. The van der Waals surface area contributed by atoms with Gasteiger partial charge in [-0.2, -0.15) is 0 Å². The number of amides is 1. The molecule has 1 aromatic carbocycles. The third-order valence-corrected chi connectivity index (χ3v) is 3.89. The lowest BCUT2D eigenvalue weighted by Gasteiger charge is -2.25. The molecule has 94 valence electrons. The smallest absolute Gasteiger partial charge is 0.244 e. The molecular formula is C12H16ClIN2O. The highest BCUT2D eigenvalue weighted by Gasteiger charge is 2.30. The summed E-state index contributed by atoms with van der Waals surface area (Å²) in [5, 5.41) is 3.31. The summed E-state index contributed by atoms with van der Waals surface area (Å²) >= 11 is 8.19. The number of rotatable bonds is 4. The predicted molar refractivity (Wildman–Crippen MR) is 80.3 cm³/mol. The van der Waals surface area contributed by atoms with Gasteiger partial charge in [0.15, 0.2) is 0 Å². The third-order valence-electron chi connectivity index (χ3n) is 2.89. The monoisotopic (exact) mass is 366 g/mol. The second-order valence-electron chi connectivity index (χ2n) is 3.94. The van der Waals surface area contributed by atoms with Crippen molar-refractivity contribution >= 4 is 45.8 Å². The number of nitrogens with two attached hydrogens (primary N) is 1. The van der Waals surface area contributed by atoms with Crippen LogP contribution in [0.1, 0.15) is 26.7 Å². The first-order chi connectivity index (χ1) is 7.92. The Labute approximate surface area is 120 Å². The van der Waals surface area contributed by atoms with Crippen LogP contribution in [-0.4, -0.2) is 11.4 Å². The molecule has 0 saturated carbocycles. The van der Waals surface area contributed by atoms with Crippen LogP contribution in [0.2, 0.25) is 5.02 Å². The van der Waals surface area contributed by atoms with E-state index in [2.05, 4.69) is 27.9 Å². The second kappa shape index (κ2) is 6.02. The van der Waals surface area contributed by atoms with Gasteiger partial charge in [0, 0.05) is 3.57 Å². The van der Waals surface area contributed by atoms with Crippen molar-refractivity contribution in [1.29, 1.82) is 0 Å². The molecule has 0 radical (unpaired) electrons. The summed E-state index contributed by atoms with van der Waals surface area (Å²) in [5.74, 6) is -0.189. The van der Waals surface area contributed by atoms with Crippen LogP contribution in [0.5, 0.6) is 0 Å². The molecule has 1 amide bonds. The van der Waals surface area contributed by atoms with E-state index in [1.54, 1.807) is 6.07 Å². The van der Waals surface area contributed by atoms with Gasteiger partial charge in [0.1, 0.15) is 0 Å². The molecule has 3 nitrogen and oxygen atoms in total. The van der Waals surface area contributed by atoms with Gasteiger partial charge in [-0.25, -0.2) is 0 Å². The summed E-state index contributed by atoms with van der Waals surface area (Å²) in [4.78, 5) is 12.1. The molecule has 1 aromatic rings. The zero-order valence-corrected chi connectivity index (χ0v) is 12.8. The first-order valence-corrected chi connectivity index (χ1v) is 6.94. The molecule has 0 saturated heterocycles. The number of halogens is 2. The molecule has 0 atom stereocenters. The summed E-state index contributed by atoms with van der Waals surface area (Å²) in [7, 11) is 0. The maximum Gasteiger partial charge on any atom is 0.244 e. The van der Waals surface area contributed by atoms with E-state index < -0.39 is 5.54 Å². The minimum atomic E-state index is -0.829. The zero-order valence-electron chi connectivity index (χ0n) is 9.89. The van der Waals surface area contributed by atoms with Crippen molar-refractivity contribution in [3.8, 4) is 0 Å². The normalized spacial score (nSPS) is 11.4. The Bertz CT molecular complexity index is 419. The molecule has 5 heteroatoms. The Morgan fingerprint density at radius 3 is 2.59 bits per heavy atom. The topological polar surface area (TPSA) is 55.1 Å². The molecule has 0 unspecified atom stereocenters. The Morgan fingerprint density at radius 1 is 1.47 bits per heavy atom. The Morgan fingerprint density at radius 2 is 2.06 bits per heavy atom. The average Bonchev–Trinajstić information content (AvgIpc) is 2.32. The summed E-state index contributed by atoms with van der Waals surface area (Å²) in [6, 6.07) is 5.47. The molecule has 17 heavy (non-hydrogen) atoms. The minimum absolute atomic E-state index is 0.189. The minimum Gasteiger partial charge on any atom is -0.323 e. The lowest BCUT2D eigenvalue weighted by Crippen LogP contribution is -2.50. The van der Waals surface area contributed by atoms with Crippen molar-refractivity contribution in [2.45, 2.75) is 32.2 Å². The Balaban J connectivity index is 2.91. The highest BCUT2D eigenvalue weighted by atomic mass is 127. The average molecular weight is 367 g/mol. The quantitative estimate of drug-likeness (QED) is 0.803. The zero-order chi connectivity index (χ0) is 13.1. The van der Waals surface area contributed by atoms with Gasteiger partial charge < -0.3 is 11.1 Å². The third kappa shape index (κ3) is 3.56. The summed E-state index contributed by atoms with van der Waals surface area (Å²) in [5.41, 5.74) is 5.80. The lowest BCUT2D eigenvalue weighted by molar-refractivity contribution is -0.121. The number of nitrogens with one attached hydrogen (secondary N) is 1. The molecule has 0 spiro atoms. The predicted octanol–water partition coefficient (Wildman–Crippen LogP) is 3.40. The molecule has 0 bridgehead atoms. The van der Waals surface area contributed by atoms with E-state index in [1.165, 1.54) is 0 Å². The van der Waals surface area contributed by atoms with E-state index in [0.29, 0.717) is 23.6 Å². The number of hydrogen-bond acceptors (Lipinski definition) is 2. The fraction of sp³-hybridized carbons (Fsp3) is 0.417. The van der Waals surface area contributed by atoms with Gasteiger partial charge in [-0.3, -0.25) is 4.79 Å². The molecule has 3 N–H and O–H groups in total. The number of carbonyl (C=O) groups excluding carboxylic acids is 1. The van der Waals surface area contributed by atoms with Crippen molar-refractivity contribution in [1.82, 2.24) is 0 Å². The van der Waals surface area contributed by atoms with Crippen molar-refractivity contribution in [3.63, 3.8) is 0 Å². The summed E-state index contributed by atoms with van der Waals surface area (Å²) in [6.45, 7) is 3.80. The van der Waals surface area contributed by atoms with Crippen molar-refractivity contribution < 1.29 is 4.79 Å². The van der Waals surface area contributed by atoms with E-state index in [1.807, 2.05) is 26.0 Å². The molecule has 0 aliphatic rings. The van der Waals surface area contributed by atoms with Gasteiger partial charge in [0.05, 0.1) is 16.2 Å². The highest BCUT2D eigenvalue weighted by Crippen LogP contribution is 2.25. The van der Waals surface area contributed by atoms with Crippen LogP contribution in [-0.2, 0) is 4.79 Å². The molecule has 0 fully saturated rings. The van der Waals surface area contributed by atoms with Gasteiger partial charge >= 0.3 is 0 Å². The van der Waals surface area contributed by atoms with E-state index in [4.69, 9.17) is 17.3 Å². The maximum atomic E-state index is 12.1. The Kier molecular flexibility index (Phi) is 5.22. The van der Waals surface area contributed by atoms with Crippen molar-refractivity contribution in [2.24, 2.45) is 5.73 Å². The first-order valence-electron chi connectivity index (χ1n) is 5.48. The van der Waals surface area contributed by atoms with Crippen LogP contribution >= 0.6 is 34.2 Å². The van der Waals surface area contributed by atoms with Crippen molar-refractivity contribution in [2.75, 3.05) is 5.32 Å². The number of hydrogen-bond donors (Lipinski definition) is 2. The molecule has 0 aliphatic heterocycles. The summed E-state index contributed by atoms with van der Waals surface area (Å²) < 4.78 is 1.01.